The maximum Gasteiger partial charge on any atom is 0.330 e. The molecular formula is C14H19N3O4. The van der Waals surface area contributed by atoms with Crippen molar-refractivity contribution in [2.75, 3.05) is 26.3 Å². The number of hydrogen-bond acceptors (Lipinski definition) is 4. The number of aliphatic carboxylic acids is 1. The number of nitrogens with zero attached hydrogens (tertiary/aromatic N) is 1. The minimum atomic E-state index is -1.06. The SMILES string of the molecule is O=C(NC(Cc1ccccc1)C(=O)O)NN1CCOCC1. The molecule has 7 nitrogen and oxygen atoms in total. The summed E-state index contributed by atoms with van der Waals surface area (Å²) >= 11 is 0. The molecule has 2 rings (SSSR count). The molecule has 0 bridgehead atoms. The fourth-order valence-electron chi connectivity index (χ4n) is 2.06. The van der Waals surface area contributed by atoms with E-state index in [-0.39, 0.29) is 6.42 Å². The maximum absolute atomic E-state index is 11.8. The standard InChI is InChI=1S/C14H19N3O4/c18-13(19)12(10-11-4-2-1-3-5-11)15-14(20)16-17-6-8-21-9-7-17/h1-5,12H,6-10H2,(H,18,19)(H2,15,16,20). The van der Waals surface area contributed by atoms with E-state index < -0.39 is 18.0 Å². The summed E-state index contributed by atoms with van der Waals surface area (Å²) in [6, 6.07) is 7.71. The monoisotopic (exact) mass is 293 g/mol. The van der Waals surface area contributed by atoms with Gasteiger partial charge in [-0.1, -0.05) is 30.3 Å². The van der Waals surface area contributed by atoms with Gasteiger partial charge in [-0.05, 0) is 5.56 Å². The first-order valence-corrected chi connectivity index (χ1v) is 6.82. The Kier molecular flexibility index (Phi) is 5.53. The van der Waals surface area contributed by atoms with Crippen LogP contribution in [0.2, 0.25) is 0 Å². The molecule has 1 aromatic carbocycles. The Labute approximate surface area is 122 Å². The molecule has 1 aliphatic rings. The Bertz CT molecular complexity index is 474. The minimum Gasteiger partial charge on any atom is -0.480 e. The van der Waals surface area contributed by atoms with E-state index in [9.17, 15) is 14.7 Å². The second-order valence-electron chi connectivity index (χ2n) is 4.77. The smallest absolute Gasteiger partial charge is 0.330 e. The molecule has 0 aliphatic carbocycles. The van der Waals surface area contributed by atoms with Crippen molar-refractivity contribution in [1.82, 2.24) is 15.8 Å². The number of nitrogens with one attached hydrogen (secondary N) is 2. The molecule has 21 heavy (non-hydrogen) atoms. The van der Waals surface area contributed by atoms with Crippen molar-refractivity contribution in [3.05, 3.63) is 35.9 Å². The van der Waals surface area contributed by atoms with Crippen LogP contribution in [-0.2, 0) is 16.0 Å². The van der Waals surface area contributed by atoms with E-state index in [2.05, 4.69) is 10.7 Å². The van der Waals surface area contributed by atoms with E-state index in [4.69, 9.17) is 4.74 Å². The molecule has 0 spiro atoms. The van der Waals surface area contributed by atoms with Crippen LogP contribution in [0.4, 0.5) is 4.79 Å². The quantitative estimate of drug-likeness (QED) is 0.723. The molecule has 1 unspecified atom stereocenters. The van der Waals surface area contributed by atoms with Gasteiger partial charge in [0.1, 0.15) is 6.04 Å². The molecule has 0 saturated carbocycles. The third-order valence-corrected chi connectivity index (χ3v) is 3.16. The number of amides is 2. The molecule has 1 aliphatic heterocycles. The summed E-state index contributed by atoms with van der Waals surface area (Å²) in [7, 11) is 0. The number of carboxylic acid groups (broad SMARTS) is 1. The second-order valence-corrected chi connectivity index (χ2v) is 4.77. The van der Waals surface area contributed by atoms with Crippen molar-refractivity contribution in [2.45, 2.75) is 12.5 Å². The lowest BCUT2D eigenvalue weighted by molar-refractivity contribution is -0.139. The molecular weight excluding hydrogens is 274 g/mol. The molecule has 1 saturated heterocycles. The third kappa shape index (κ3) is 5.05. The second kappa shape index (κ2) is 7.61. The highest BCUT2D eigenvalue weighted by molar-refractivity contribution is 5.82. The van der Waals surface area contributed by atoms with E-state index >= 15 is 0 Å². The highest BCUT2D eigenvalue weighted by Crippen LogP contribution is 2.03. The Morgan fingerprint density at radius 2 is 1.90 bits per heavy atom. The van der Waals surface area contributed by atoms with Crippen molar-refractivity contribution in [2.24, 2.45) is 0 Å². The van der Waals surface area contributed by atoms with Gasteiger partial charge in [-0.25, -0.2) is 14.6 Å². The molecule has 1 fully saturated rings. The molecule has 1 aromatic rings. The predicted octanol–water partition coefficient (Wildman–Crippen LogP) is 0.229. The summed E-state index contributed by atoms with van der Waals surface area (Å²) in [5.74, 6) is -1.06. The van der Waals surface area contributed by atoms with E-state index in [0.717, 1.165) is 5.56 Å². The summed E-state index contributed by atoms with van der Waals surface area (Å²) in [5, 5.41) is 13.4. The number of rotatable bonds is 5. The van der Waals surface area contributed by atoms with Crippen molar-refractivity contribution < 1.29 is 19.4 Å². The molecule has 0 radical (unpaired) electrons. The highest BCUT2D eigenvalue weighted by atomic mass is 16.5. The summed E-state index contributed by atoms with van der Waals surface area (Å²) in [6.45, 7) is 2.27. The zero-order chi connectivity index (χ0) is 15.1. The van der Waals surface area contributed by atoms with Crippen LogP contribution in [0.15, 0.2) is 30.3 Å². The molecule has 114 valence electrons. The first kappa shape index (κ1) is 15.3. The van der Waals surface area contributed by atoms with Crippen molar-refractivity contribution in [1.29, 1.82) is 0 Å². The van der Waals surface area contributed by atoms with Crippen LogP contribution in [0.5, 0.6) is 0 Å². The van der Waals surface area contributed by atoms with Gasteiger partial charge in [0.05, 0.1) is 13.2 Å². The van der Waals surface area contributed by atoms with Crippen LogP contribution in [0.1, 0.15) is 5.56 Å². The Morgan fingerprint density at radius 1 is 1.24 bits per heavy atom. The first-order valence-electron chi connectivity index (χ1n) is 6.82. The van der Waals surface area contributed by atoms with Gasteiger partial charge in [0.25, 0.3) is 0 Å². The van der Waals surface area contributed by atoms with Gasteiger partial charge < -0.3 is 15.2 Å². The lowest BCUT2D eigenvalue weighted by Crippen LogP contribution is -2.55. The van der Waals surface area contributed by atoms with Crippen molar-refractivity contribution in [3.8, 4) is 0 Å². The number of carbonyl (C=O) groups excluding carboxylic acids is 1. The number of hydrogen-bond donors (Lipinski definition) is 3. The van der Waals surface area contributed by atoms with Gasteiger partial charge in [0.2, 0.25) is 0 Å². The molecule has 2 amide bonds. The summed E-state index contributed by atoms with van der Waals surface area (Å²) < 4.78 is 5.17. The van der Waals surface area contributed by atoms with E-state index in [1.165, 1.54) is 0 Å². The van der Waals surface area contributed by atoms with Gasteiger partial charge in [-0.2, -0.15) is 0 Å². The van der Waals surface area contributed by atoms with E-state index in [1.54, 1.807) is 5.01 Å². The lowest BCUT2D eigenvalue weighted by Gasteiger charge is -2.27. The van der Waals surface area contributed by atoms with Crippen LogP contribution >= 0.6 is 0 Å². The zero-order valence-corrected chi connectivity index (χ0v) is 11.6. The molecule has 3 N–H and O–H groups in total. The topological polar surface area (TPSA) is 90.9 Å². The van der Waals surface area contributed by atoms with Crippen molar-refractivity contribution in [3.63, 3.8) is 0 Å². The predicted molar refractivity (Wildman–Crippen MR) is 75.6 cm³/mol. The van der Waals surface area contributed by atoms with Crippen molar-refractivity contribution >= 4 is 12.0 Å². The van der Waals surface area contributed by atoms with Gasteiger partial charge in [0, 0.05) is 19.5 Å². The van der Waals surface area contributed by atoms with E-state index in [0.29, 0.717) is 26.3 Å². The summed E-state index contributed by atoms with van der Waals surface area (Å²) in [6.07, 6.45) is 0.243. The third-order valence-electron chi connectivity index (χ3n) is 3.16. The number of hydrazine groups is 1. The van der Waals surface area contributed by atoms with Gasteiger partial charge >= 0.3 is 12.0 Å². The normalized spacial score (nSPS) is 17.0. The zero-order valence-electron chi connectivity index (χ0n) is 11.6. The number of ether oxygens (including phenoxy) is 1. The fourth-order valence-corrected chi connectivity index (χ4v) is 2.06. The highest BCUT2D eigenvalue weighted by Gasteiger charge is 2.21. The average Bonchev–Trinajstić information content (AvgIpc) is 2.48. The number of carbonyl (C=O) groups is 2. The van der Waals surface area contributed by atoms with Crippen LogP contribution in [0, 0.1) is 0 Å². The van der Waals surface area contributed by atoms with Crippen LogP contribution < -0.4 is 10.7 Å². The number of morpholine rings is 1. The molecule has 0 aromatic heterocycles. The summed E-state index contributed by atoms with van der Waals surface area (Å²) in [5.41, 5.74) is 3.49. The van der Waals surface area contributed by atoms with Crippen LogP contribution in [0.3, 0.4) is 0 Å². The largest absolute Gasteiger partial charge is 0.480 e. The molecule has 1 atom stereocenters. The number of carboxylic acids is 1. The summed E-state index contributed by atoms with van der Waals surface area (Å²) in [4.78, 5) is 23.1. The van der Waals surface area contributed by atoms with Gasteiger partial charge in [0.15, 0.2) is 0 Å². The first-order chi connectivity index (χ1) is 10.1. The number of urea groups is 1. The molecule has 7 heteroatoms. The molecule has 1 heterocycles. The lowest BCUT2D eigenvalue weighted by atomic mass is 10.1. The fraction of sp³-hybridized carbons (Fsp3) is 0.429. The maximum atomic E-state index is 11.8. The van der Waals surface area contributed by atoms with Gasteiger partial charge in [-0.3, -0.25) is 5.43 Å². The average molecular weight is 293 g/mol. The van der Waals surface area contributed by atoms with Crippen LogP contribution in [0.25, 0.3) is 0 Å². The Morgan fingerprint density at radius 3 is 2.52 bits per heavy atom. The number of benzene rings is 1. The Hall–Kier alpha value is -2.12. The van der Waals surface area contributed by atoms with Gasteiger partial charge in [-0.15, -0.1) is 0 Å². The minimum absolute atomic E-state index is 0.243. The van der Waals surface area contributed by atoms with Crippen LogP contribution in [-0.4, -0.2) is 54.5 Å². The van der Waals surface area contributed by atoms with E-state index in [1.807, 2.05) is 30.3 Å². The Balaban J connectivity index is 1.86.